The van der Waals surface area contributed by atoms with Gasteiger partial charge in [-0.05, 0) is 36.8 Å². The van der Waals surface area contributed by atoms with Gasteiger partial charge in [-0.25, -0.2) is 4.39 Å². The predicted molar refractivity (Wildman–Crippen MR) is 86.7 cm³/mol. The zero-order valence-electron chi connectivity index (χ0n) is 12.8. The first kappa shape index (κ1) is 15.2. The SMILES string of the molecule is Cc1cccc(N2C[C@H](C(=O)Nc3ccccc3F)CC2=O)c1. The van der Waals surface area contributed by atoms with Crippen LogP contribution in [0.5, 0.6) is 0 Å². The van der Waals surface area contributed by atoms with Crippen LogP contribution in [0.25, 0.3) is 0 Å². The molecule has 1 aliphatic heterocycles. The molecule has 2 amide bonds. The number of carbonyl (C=O) groups excluding carboxylic acids is 2. The first-order valence-electron chi connectivity index (χ1n) is 7.47. The molecule has 4 nitrogen and oxygen atoms in total. The van der Waals surface area contributed by atoms with Gasteiger partial charge in [0.2, 0.25) is 11.8 Å². The Bertz CT molecular complexity index is 760. The molecule has 0 saturated carbocycles. The lowest BCUT2D eigenvalue weighted by Crippen LogP contribution is -2.28. The number of para-hydroxylation sites is 1. The normalized spacial score (nSPS) is 17.4. The lowest BCUT2D eigenvalue weighted by molar-refractivity contribution is -0.122. The van der Waals surface area contributed by atoms with Crippen molar-refractivity contribution in [2.45, 2.75) is 13.3 Å². The maximum atomic E-state index is 13.6. The summed E-state index contributed by atoms with van der Waals surface area (Å²) >= 11 is 0. The van der Waals surface area contributed by atoms with Crippen LogP contribution in [0.4, 0.5) is 15.8 Å². The van der Waals surface area contributed by atoms with Crippen LogP contribution < -0.4 is 10.2 Å². The van der Waals surface area contributed by atoms with Gasteiger partial charge in [-0.2, -0.15) is 0 Å². The van der Waals surface area contributed by atoms with Crippen molar-refractivity contribution in [1.82, 2.24) is 0 Å². The minimum Gasteiger partial charge on any atom is -0.323 e. The molecule has 1 saturated heterocycles. The number of anilines is 2. The molecule has 2 aromatic rings. The Labute approximate surface area is 133 Å². The number of hydrogen-bond acceptors (Lipinski definition) is 2. The Morgan fingerprint density at radius 1 is 1.22 bits per heavy atom. The molecule has 118 valence electrons. The van der Waals surface area contributed by atoms with Crippen LogP contribution in [-0.4, -0.2) is 18.4 Å². The molecule has 0 bridgehead atoms. The third-order valence-electron chi connectivity index (χ3n) is 3.94. The quantitative estimate of drug-likeness (QED) is 0.946. The van der Waals surface area contributed by atoms with E-state index in [0.29, 0.717) is 6.54 Å². The number of rotatable bonds is 3. The van der Waals surface area contributed by atoms with Crippen molar-refractivity contribution in [3.8, 4) is 0 Å². The molecule has 1 N–H and O–H groups in total. The Morgan fingerprint density at radius 3 is 2.74 bits per heavy atom. The maximum Gasteiger partial charge on any atom is 0.229 e. The molecule has 1 heterocycles. The highest BCUT2D eigenvalue weighted by Gasteiger charge is 2.35. The number of halogens is 1. The van der Waals surface area contributed by atoms with Gasteiger partial charge in [-0.1, -0.05) is 24.3 Å². The van der Waals surface area contributed by atoms with Gasteiger partial charge in [-0.15, -0.1) is 0 Å². The standard InChI is InChI=1S/C18H17FN2O2/c1-12-5-4-6-14(9-12)21-11-13(10-17(21)22)18(23)20-16-8-3-2-7-15(16)19/h2-9,13H,10-11H2,1H3,(H,20,23)/t13-/m1/s1. The van der Waals surface area contributed by atoms with Gasteiger partial charge < -0.3 is 10.2 Å². The highest BCUT2D eigenvalue weighted by Crippen LogP contribution is 2.27. The molecule has 5 heteroatoms. The first-order valence-corrected chi connectivity index (χ1v) is 7.47. The van der Waals surface area contributed by atoms with Gasteiger partial charge in [0.25, 0.3) is 0 Å². The Morgan fingerprint density at radius 2 is 2.00 bits per heavy atom. The van der Waals surface area contributed by atoms with E-state index in [-0.39, 0.29) is 23.9 Å². The molecular formula is C18H17FN2O2. The number of carbonyl (C=O) groups is 2. The first-order chi connectivity index (χ1) is 11.0. The van der Waals surface area contributed by atoms with Gasteiger partial charge in [0.1, 0.15) is 5.82 Å². The van der Waals surface area contributed by atoms with Gasteiger partial charge in [-0.3, -0.25) is 9.59 Å². The highest BCUT2D eigenvalue weighted by molar-refractivity contribution is 6.03. The van der Waals surface area contributed by atoms with Crippen molar-refractivity contribution < 1.29 is 14.0 Å². The van der Waals surface area contributed by atoms with Crippen LogP contribution in [0, 0.1) is 18.7 Å². The molecule has 0 unspecified atom stereocenters. The highest BCUT2D eigenvalue weighted by atomic mass is 19.1. The van der Waals surface area contributed by atoms with E-state index in [4.69, 9.17) is 0 Å². The lowest BCUT2D eigenvalue weighted by atomic mass is 10.1. The maximum absolute atomic E-state index is 13.6. The predicted octanol–water partition coefficient (Wildman–Crippen LogP) is 3.13. The second-order valence-corrected chi connectivity index (χ2v) is 5.71. The second-order valence-electron chi connectivity index (χ2n) is 5.71. The van der Waals surface area contributed by atoms with Gasteiger partial charge in [0.15, 0.2) is 0 Å². The van der Waals surface area contributed by atoms with E-state index < -0.39 is 11.7 Å². The van der Waals surface area contributed by atoms with Crippen LogP contribution >= 0.6 is 0 Å². The molecule has 0 spiro atoms. The van der Waals surface area contributed by atoms with E-state index in [2.05, 4.69) is 5.32 Å². The Kier molecular flexibility index (Phi) is 4.10. The molecule has 2 aromatic carbocycles. The summed E-state index contributed by atoms with van der Waals surface area (Å²) in [6.45, 7) is 2.26. The summed E-state index contributed by atoms with van der Waals surface area (Å²) in [6.07, 6.45) is 0.133. The zero-order valence-corrected chi connectivity index (χ0v) is 12.8. The van der Waals surface area contributed by atoms with Crippen molar-refractivity contribution in [3.05, 3.63) is 59.9 Å². The third kappa shape index (κ3) is 3.23. The summed E-state index contributed by atoms with van der Waals surface area (Å²) in [7, 11) is 0. The van der Waals surface area contributed by atoms with E-state index in [9.17, 15) is 14.0 Å². The molecule has 23 heavy (non-hydrogen) atoms. The van der Waals surface area contributed by atoms with Gasteiger partial charge in [0, 0.05) is 18.7 Å². The average Bonchev–Trinajstić information content (AvgIpc) is 2.92. The molecule has 1 atom stereocenters. The number of amides is 2. The number of aryl methyl sites for hydroxylation is 1. The van der Waals surface area contributed by atoms with Crippen molar-refractivity contribution >= 4 is 23.2 Å². The summed E-state index contributed by atoms with van der Waals surface area (Å²) in [5.74, 6) is -1.40. The van der Waals surface area contributed by atoms with Crippen LogP contribution in [0.15, 0.2) is 48.5 Å². The van der Waals surface area contributed by atoms with Gasteiger partial charge >= 0.3 is 0 Å². The van der Waals surface area contributed by atoms with E-state index >= 15 is 0 Å². The molecule has 3 rings (SSSR count). The number of nitrogens with one attached hydrogen (secondary N) is 1. The summed E-state index contributed by atoms with van der Waals surface area (Å²) in [4.78, 5) is 26.1. The molecular weight excluding hydrogens is 295 g/mol. The summed E-state index contributed by atoms with van der Waals surface area (Å²) in [6, 6.07) is 13.6. The van der Waals surface area contributed by atoms with Crippen LogP contribution in [0.2, 0.25) is 0 Å². The Hall–Kier alpha value is -2.69. The monoisotopic (exact) mass is 312 g/mol. The van der Waals surface area contributed by atoms with Crippen molar-refractivity contribution in [2.75, 3.05) is 16.8 Å². The van der Waals surface area contributed by atoms with E-state index in [1.54, 1.807) is 17.0 Å². The molecule has 1 fully saturated rings. The zero-order chi connectivity index (χ0) is 16.4. The summed E-state index contributed by atoms with van der Waals surface area (Å²) in [5.41, 5.74) is 1.98. The van der Waals surface area contributed by atoms with Crippen molar-refractivity contribution in [1.29, 1.82) is 0 Å². The fourth-order valence-corrected chi connectivity index (χ4v) is 2.73. The smallest absolute Gasteiger partial charge is 0.229 e. The minimum absolute atomic E-state index is 0.0933. The van der Waals surface area contributed by atoms with Crippen LogP contribution in [0.1, 0.15) is 12.0 Å². The van der Waals surface area contributed by atoms with Gasteiger partial charge in [0.05, 0.1) is 11.6 Å². The van der Waals surface area contributed by atoms with E-state index in [0.717, 1.165) is 11.3 Å². The van der Waals surface area contributed by atoms with E-state index in [1.165, 1.54) is 12.1 Å². The minimum atomic E-state index is -0.485. The molecule has 0 radical (unpaired) electrons. The van der Waals surface area contributed by atoms with Crippen LogP contribution in [-0.2, 0) is 9.59 Å². The fourth-order valence-electron chi connectivity index (χ4n) is 2.73. The van der Waals surface area contributed by atoms with E-state index in [1.807, 2.05) is 31.2 Å². The van der Waals surface area contributed by atoms with Crippen molar-refractivity contribution in [2.24, 2.45) is 5.92 Å². The summed E-state index contributed by atoms with van der Waals surface area (Å²) in [5, 5.41) is 2.56. The number of nitrogens with zero attached hydrogens (tertiary/aromatic N) is 1. The average molecular weight is 312 g/mol. The largest absolute Gasteiger partial charge is 0.323 e. The topological polar surface area (TPSA) is 49.4 Å². The second kappa shape index (κ2) is 6.20. The molecule has 0 aliphatic carbocycles. The number of benzene rings is 2. The lowest BCUT2D eigenvalue weighted by Gasteiger charge is -2.17. The van der Waals surface area contributed by atoms with Crippen molar-refractivity contribution in [3.63, 3.8) is 0 Å². The van der Waals surface area contributed by atoms with Crippen LogP contribution in [0.3, 0.4) is 0 Å². The number of hydrogen-bond donors (Lipinski definition) is 1. The molecule has 0 aromatic heterocycles. The third-order valence-corrected chi connectivity index (χ3v) is 3.94. The fraction of sp³-hybridized carbons (Fsp3) is 0.222. The summed E-state index contributed by atoms with van der Waals surface area (Å²) < 4.78 is 13.6. The Balaban J connectivity index is 1.72. The molecule has 1 aliphatic rings.